The number of para-hydroxylation sites is 1. The lowest BCUT2D eigenvalue weighted by molar-refractivity contribution is -0.145. The monoisotopic (exact) mass is 938 g/mol. The van der Waals surface area contributed by atoms with Gasteiger partial charge in [-0.3, -0.25) is 9.46 Å². The van der Waals surface area contributed by atoms with Crippen LogP contribution in [0.25, 0.3) is 43.2 Å². The molecule has 14 nitrogen and oxygen atoms in total. The molecule has 1 saturated heterocycles. The molecule has 3 N–H and O–H groups in total. The van der Waals surface area contributed by atoms with Gasteiger partial charge in [0, 0.05) is 68.5 Å². The van der Waals surface area contributed by atoms with Gasteiger partial charge in [0.1, 0.15) is 41.7 Å². The summed E-state index contributed by atoms with van der Waals surface area (Å²) in [4.78, 5) is 44.6. The molecule has 0 spiro atoms. The molecule has 4 aromatic carbocycles. The summed E-state index contributed by atoms with van der Waals surface area (Å²) < 4.78 is 49.7. The normalized spacial score (nSPS) is 14.5. The fourth-order valence-electron chi connectivity index (χ4n) is 7.47. The van der Waals surface area contributed by atoms with Crippen molar-refractivity contribution in [3.63, 3.8) is 0 Å². The molecule has 1 aliphatic rings. The Bertz CT molecular complexity index is 2850. The second kappa shape index (κ2) is 20.6. The van der Waals surface area contributed by atoms with E-state index in [0.29, 0.717) is 67.1 Å². The predicted molar refractivity (Wildman–Crippen MR) is 247 cm³/mol. The zero-order valence-electron chi connectivity index (χ0n) is 35.4. The van der Waals surface area contributed by atoms with E-state index < -0.39 is 19.7 Å². The third-order valence-corrected chi connectivity index (χ3v) is 13.9. The van der Waals surface area contributed by atoms with E-state index in [4.69, 9.17) is 30.3 Å². The third-order valence-electron chi connectivity index (χ3n) is 10.9. The van der Waals surface area contributed by atoms with E-state index >= 15 is 0 Å². The summed E-state index contributed by atoms with van der Waals surface area (Å²) in [7, 11) is -2.53. The molecule has 1 unspecified atom stereocenters. The summed E-state index contributed by atoms with van der Waals surface area (Å²) >= 11 is 8.38. The van der Waals surface area contributed by atoms with Gasteiger partial charge in [0.2, 0.25) is 12.0 Å². The highest BCUT2D eigenvalue weighted by Crippen LogP contribution is 2.50. The minimum Gasteiger partial charge on any atom is -0.491 e. The highest BCUT2D eigenvalue weighted by atomic mass is 35.5. The molecular formula is C47H45ClFN6O8PS. The number of fused-ring (bicyclic) bond motifs is 1. The van der Waals surface area contributed by atoms with E-state index in [1.165, 1.54) is 36.9 Å². The van der Waals surface area contributed by atoms with Gasteiger partial charge in [-0.1, -0.05) is 72.3 Å². The molecule has 1 fully saturated rings. The van der Waals surface area contributed by atoms with Crippen LogP contribution in [0.1, 0.15) is 22.4 Å². The second-order valence-corrected chi connectivity index (χ2v) is 18.6. The number of rotatable bonds is 18. The van der Waals surface area contributed by atoms with Gasteiger partial charge >= 0.3 is 13.6 Å². The summed E-state index contributed by atoms with van der Waals surface area (Å²) in [6.07, 6.45) is 1.32. The minimum atomic E-state index is -3.72. The molecule has 4 heterocycles. The number of hydrogen-bond donors (Lipinski definition) is 3. The molecule has 336 valence electrons. The standard InChI is InChI=1S/C47H45ClFN6O8PS/c1-29-36(15-16-38(42(29)48)61-24-23-55-21-19-50-20-22-55)40-41-45(52-28-53-46(41)65-43(40)31-11-13-34(49)14-12-31)63-39(47(56)57)25-33-5-3-4-6-37(33)62-26-35-17-18-51-44(54-35)32-9-7-30(8-10-32)27-64(58,59)60-2/h3-18,28,39,50H,19-27H2,1-2H3,(H,56,57)(H,58,59)/t39-/m1/s1. The van der Waals surface area contributed by atoms with Gasteiger partial charge in [0.05, 0.1) is 22.3 Å². The van der Waals surface area contributed by atoms with Gasteiger partial charge in [0.15, 0.2) is 5.82 Å². The van der Waals surface area contributed by atoms with Crippen molar-refractivity contribution in [3.05, 3.63) is 137 Å². The number of nitrogens with zero attached hydrogens (tertiary/aromatic N) is 5. The van der Waals surface area contributed by atoms with Gasteiger partial charge in [-0.25, -0.2) is 29.1 Å². The fraction of sp³-hybridized carbons (Fsp3) is 0.255. The van der Waals surface area contributed by atoms with Crippen LogP contribution < -0.4 is 19.5 Å². The number of benzene rings is 4. The zero-order chi connectivity index (χ0) is 45.5. The Kier molecular flexibility index (Phi) is 14.5. The molecule has 0 amide bonds. The number of nitrogens with one attached hydrogen (secondary N) is 1. The average molecular weight is 939 g/mol. The summed E-state index contributed by atoms with van der Waals surface area (Å²) in [6.45, 7) is 6.93. The lowest BCUT2D eigenvalue weighted by Gasteiger charge is -2.27. The van der Waals surface area contributed by atoms with Crippen LogP contribution in [0.15, 0.2) is 104 Å². The van der Waals surface area contributed by atoms with Crippen molar-refractivity contribution in [2.45, 2.75) is 32.2 Å². The van der Waals surface area contributed by atoms with Crippen molar-refractivity contribution in [2.75, 3.05) is 46.4 Å². The maximum Gasteiger partial charge on any atom is 0.345 e. The smallest absolute Gasteiger partial charge is 0.345 e. The van der Waals surface area contributed by atoms with E-state index in [-0.39, 0.29) is 30.9 Å². The van der Waals surface area contributed by atoms with Crippen molar-refractivity contribution in [1.29, 1.82) is 0 Å². The molecule has 7 aromatic rings. The van der Waals surface area contributed by atoms with Gasteiger partial charge < -0.3 is 34.1 Å². The van der Waals surface area contributed by atoms with Gasteiger partial charge in [0.25, 0.3) is 0 Å². The van der Waals surface area contributed by atoms with Crippen LogP contribution in [0.3, 0.4) is 0 Å². The first kappa shape index (κ1) is 45.7. The Labute approximate surface area is 383 Å². The highest BCUT2D eigenvalue weighted by molar-refractivity contribution is 7.51. The predicted octanol–water partition coefficient (Wildman–Crippen LogP) is 8.85. The van der Waals surface area contributed by atoms with Crippen LogP contribution in [0.5, 0.6) is 17.4 Å². The van der Waals surface area contributed by atoms with Crippen LogP contribution in [0.4, 0.5) is 4.39 Å². The maximum absolute atomic E-state index is 14.2. The van der Waals surface area contributed by atoms with Crippen LogP contribution in [0.2, 0.25) is 5.02 Å². The summed E-state index contributed by atoms with van der Waals surface area (Å²) in [5.74, 6) is -0.156. The molecular weight excluding hydrogens is 894 g/mol. The minimum absolute atomic E-state index is 0.0452. The van der Waals surface area contributed by atoms with Crippen LogP contribution in [-0.4, -0.2) is 93.3 Å². The van der Waals surface area contributed by atoms with Crippen molar-refractivity contribution in [3.8, 4) is 50.3 Å². The van der Waals surface area contributed by atoms with E-state index in [1.54, 1.807) is 72.9 Å². The van der Waals surface area contributed by atoms with Crippen molar-refractivity contribution in [1.82, 2.24) is 30.2 Å². The SMILES string of the molecule is COP(=O)(O)Cc1ccc(-c2nccc(COc3ccccc3C[C@@H](Oc3ncnc4sc(-c5ccc(F)cc5)c(-c5ccc(OCCN6CCNCC6)c(Cl)c5C)c34)C(=O)O)n2)cc1. The Hall–Kier alpha value is -5.84. The molecule has 2 atom stereocenters. The largest absolute Gasteiger partial charge is 0.491 e. The first-order valence-electron chi connectivity index (χ1n) is 20.7. The number of halogens is 2. The highest BCUT2D eigenvalue weighted by Gasteiger charge is 2.28. The maximum atomic E-state index is 14.2. The Morgan fingerprint density at radius 3 is 2.46 bits per heavy atom. The molecule has 0 bridgehead atoms. The zero-order valence-corrected chi connectivity index (χ0v) is 37.9. The fourth-order valence-corrected chi connectivity index (χ4v) is 9.64. The number of carbonyl (C=O) groups is 1. The number of piperazine rings is 1. The quantitative estimate of drug-likeness (QED) is 0.0695. The summed E-state index contributed by atoms with van der Waals surface area (Å²) in [5, 5.41) is 14.9. The number of hydrogen-bond acceptors (Lipinski definition) is 13. The Morgan fingerprint density at radius 1 is 0.954 bits per heavy atom. The van der Waals surface area contributed by atoms with Crippen molar-refractivity contribution in [2.24, 2.45) is 0 Å². The molecule has 0 saturated carbocycles. The number of ether oxygens (including phenoxy) is 3. The van der Waals surface area contributed by atoms with Crippen LogP contribution >= 0.6 is 30.5 Å². The second-order valence-electron chi connectivity index (χ2n) is 15.3. The molecule has 0 aliphatic carbocycles. The molecule has 65 heavy (non-hydrogen) atoms. The van der Waals surface area contributed by atoms with Crippen LogP contribution in [0, 0.1) is 12.7 Å². The van der Waals surface area contributed by atoms with E-state index in [2.05, 4.69) is 30.2 Å². The first-order valence-corrected chi connectivity index (χ1v) is 23.7. The van der Waals surface area contributed by atoms with Crippen LogP contribution in [-0.2, 0) is 33.1 Å². The third kappa shape index (κ3) is 11.0. The number of carboxylic acids is 1. The van der Waals surface area contributed by atoms with Crippen molar-refractivity contribution < 1.29 is 42.5 Å². The average Bonchev–Trinajstić information content (AvgIpc) is 3.71. The number of aromatic nitrogens is 4. The summed E-state index contributed by atoms with van der Waals surface area (Å²) in [6, 6.07) is 25.6. The Balaban J connectivity index is 1.05. The Morgan fingerprint density at radius 2 is 1.71 bits per heavy atom. The lowest BCUT2D eigenvalue weighted by Crippen LogP contribution is -2.44. The molecule has 18 heteroatoms. The number of carboxylic acid groups (broad SMARTS) is 1. The van der Waals surface area contributed by atoms with E-state index in [9.17, 15) is 23.7 Å². The number of aliphatic carboxylic acids is 1. The van der Waals surface area contributed by atoms with Crippen molar-refractivity contribution >= 4 is 46.7 Å². The molecule has 3 aromatic heterocycles. The van der Waals surface area contributed by atoms with E-state index in [1.807, 2.05) is 19.1 Å². The molecule has 1 aliphatic heterocycles. The van der Waals surface area contributed by atoms with Gasteiger partial charge in [-0.15, -0.1) is 11.3 Å². The molecule has 0 radical (unpaired) electrons. The van der Waals surface area contributed by atoms with Gasteiger partial charge in [-0.05, 0) is 65.1 Å². The number of thiophene rings is 1. The molecule has 8 rings (SSSR count). The lowest BCUT2D eigenvalue weighted by atomic mass is 9.96. The first-order chi connectivity index (χ1) is 31.5. The van der Waals surface area contributed by atoms with Gasteiger partial charge in [-0.2, -0.15) is 0 Å². The topological polar surface area (TPSA) is 178 Å². The summed E-state index contributed by atoms with van der Waals surface area (Å²) in [5.41, 5.74) is 5.28. The van der Waals surface area contributed by atoms with E-state index in [0.717, 1.165) is 54.3 Å².